The van der Waals surface area contributed by atoms with E-state index in [9.17, 15) is 4.39 Å². The number of aromatic nitrogens is 2. The van der Waals surface area contributed by atoms with Gasteiger partial charge in [-0.05, 0) is 49.4 Å². The molecule has 112 valence electrons. The summed E-state index contributed by atoms with van der Waals surface area (Å²) in [6.45, 7) is 3.91. The summed E-state index contributed by atoms with van der Waals surface area (Å²) in [7, 11) is 0. The van der Waals surface area contributed by atoms with E-state index in [-0.39, 0.29) is 5.82 Å². The van der Waals surface area contributed by atoms with Gasteiger partial charge in [0.1, 0.15) is 5.82 Å². The van der Waals surface area contributed by atoms with Crippen molar-refractivity contribution in [3.05, 3.63) is 35.5 Å². The van der Waals surface area contributed by atoms with Crippen LogP contribution in [0.4, 0.5) is 4.39 Å². The molecule has 1 aromatic heterocycles. The van der Waals surface area contributed by atoms with Crippen LogP contribution in [0.3, 0.4) is 0 Å². The van der Waals surface area contributed by atoms with Crippen molar-refractivity contribution in [1.82, 2.24) is 10.1 Å². The standard InChI is InChI=1S/C16H20FN3O/c1-10-4-3-7-16(18,9-10)15-19-14(20-21-15)12-5-6-13(17)11(2)8-12/h5-6,8,10H,3-4,7,9,18H2,1-2H3. The minimum atomic E-state index is -0.530. The van der Waals surface area contributed by atoms with Gasteiger partial charge in [-0.25, -0.2) is 4.39 Å². The minimum Gasteiger partial charge on any atom is -0.337 e. The highest BCUT2D eigenvalue weighted by Crippen LogP contribution is 2.37. The Morgan fingerprint density at radius 2 is 2.24 bits per heavy atom. The van der Waals surface area contributed by atoms with E-state index < -0.39 is 5.54 Å². The Bertz CT molecular complexity index is 655. The molecule has 1 aliphatic carbocycles. The molecule has 2 unspecified atom stereocenters. The molecule has 3 rings (SSSR count). The highest BCUT2D eigenvalue weighted by atomic mass is 19.1. The normalized spacial score (nSPS) is 26.0. The van der Waals surface area contributed by atoms with Gasteiger partial charge in [-0.15, -0.1) is 0 Å². The first-order chi connectivity index (χ1) is 9.98. The smallest absolute Gasteiger partial charge is 0.247 e. The van der Waals surface area contributed by atoms with E-state index in [2.05, 4.69) is 17.1 Å². The van der Waals surface area contributed by atoms with Crippen LogP contribution in [-0.4, -0.2) is 10.1 Å². The van der Waals surface area contributed by atoms with Gasteiger partial charge in [0.2, 0.25) is 11.7 Å². The van der Waals surface area contributed by atoms with Crippen molar-refractivity contribution in [1.29, 1.82) is 0 Å². The predicted molar refractivity (Wildman–Crippen MR) is 77.9 cm³/mol. The number of halogens is 1. The molecule has 2 aromatic rings. The fourth-order valence-corrected chi connectivity index (χ4v) is 3.11. The highest BCUT2D eigenvalue weighted by Gasteiger charge is 2.37. The van der Waals surface area contributed by atoms with Crippen molar-refractivity contribution >= 4 is 0 Å². The first-order valence-electron chi connectivity index (χ1n) is 7.37. The van der Waals surface area contributed by atoms with Crippen molar-refractivity contribution in [2.45, 2.75) is 45.1 Å². The zero-order chi connectivity index (χ0) is 15.0. The number of hydrogen-bond donors (Lipinski definition) is 1. The molecule has 4 nitrogen and oxygen atoms in total. The lowest BCUT2D eigenvalue weighted by Gasteiger charge is -2.33. The molecule has 0 amide bonds. The molecule has 0 spiro atoms. The molecule has 1 heterocycles. The first kappa shape index (κ1) is 14.2. The summed E-state index contributed by atoms with van der Waals surface area (Å²) >= 11 is 0. The monoisotopic (exact) mass is 289 g/mol. The molecule has 0 bridgehead atoms. The third-order valence-electron chi connectivity index (χ3n) is 4.30. The van der Waals surface area contributed by atoms with Crippen molar-refractivity contribution in [2.75, 3.05) is 0 Å². The lowest BCUT2D eigenvalue weighted by molar-refractivity contribution is 0.183. The quantitative estimate of drug-likeness (QED) is 0.918. The van der Waals surface area contributed by atoms with Gasteiger partial charge in [-0.2, -0.15) is 4.98 Å². The Morgan fingerprint density at radius 1 is 1.43 bits per heavy atom. The lowest BCUT2D eigenvalue weighted by atomic mass is 9.77. The van der Waals surface area contributed by atoms with Crippen LogP contribution in [0.5, 0.6) is 0 Å². The molecule has 0 saturated heterocycles. The molecular weight excluding hydrogens is 269 g/mol. The third kappa shape index (κ3) is 2.70. The van der Waals surface area contributed by atoms with Gasteiger partial charge in [0.05, 0.1) is 5.54 Å². The zero-order valence-electron chi connectivity index (χ0n) is 12.4. The summed E-state index contributed by atoms with van der Waals surface area (Å²) in [5.41, 5.74) is 7.24. The highest BCUT2D eigenvalue weighted by molar-refractivity contribution is 5.55. The third-order valence-corrected chi connectivity index (χ3v) is 4.30. The molecule has 1 aliphatic rings. The zero-order valence-corrected chi connectivity index (χ0v) is 12.4. The van der Waals surface area contributed by atoms with E-state index in [0.29, 0.717) is 23.2 Å². The van der Waals surface area contributed by atoms with Gasteiger partial charge in [-0.1, -0.05) is 24.9 Å². The van der Waals surface area contributed by atoms with Crippen molar-refractivity contribution in [3.63, 3.8) is 0 Å². The summed E-state index contributed by atoms with van der Waals surface area (Å²) in [5.74, 6) is 1.29. The average molecular weight is 289 g/mol. The fraction of sp³-hybridized carbons (Fsp3) is 0.500. The van der Waals surface area contributed by atoms with E-state index in [1.54, 1.807) is 19.1 Å². The number of nitrogens with zero attached hydrogens (tertiary/aromatic N) is 2. The molecule has 2 atom stereocenters. The van der Waals surface area contributed by atoms with E-state index in [0.717, 1.165) is 24.8 Å². The second-order valence-electron chi connectivity index (χ2n) is 6.24. The summed E-state index contributed by atoms with van der Waals surface area (Å²) in [6.07, 6.45) is 3.99. The molecule has 1 fully saturated rings. The largest absolute Gasteiger partial charge is 0.337 e. The van der Waals surface area contributed by atoms with Crippen LogP contribution in [0.25, 0.3) is 11.4 Å². The SMILES string of the molecule is Cc1cc(-c2noc(C3(N)CCCC(C)C3)n2)ccc1F. The fourth-order valence-electron chi connectivity index (χ4n) is 3.11. The summed E-state index contributed by atoms with van der Waals surface area (Å²) in [4.78, 5) is 4.46. The molecule has 1 aromatic carbocycles. The Hall–Kier alpha value is -1.75. The van der Waals surface area contributed by atoms with Gasteiger partial charge < -0.3 is 10.3 Å². The summed E-state index contributed by atoms with van der Waals surface area (Å²) in [5, 5.41) is 4.01. The molecule has 2 N–H and O–H groups in total. The molecule has 5 heteroatoms. The van der Waals surface area contributed by atoms with Gasteiger partial charge in [0.15, 0.2) is 0 Å². The van der Waals surface area contributed by atoms with E-state index in [4.69, 9.17) is 10.3 Å². The lowest BCUT2D eigenvalue weighted by Crippen LogP contribution is -2.41. The molecule has 0 aliphatic heterocycles. The number of rotatable bonds is 2. The van der Waals surface area contributed by atoms with Crippen LogP contribution in [0.1, 0.15) is 44.1 Å². The maximum absolute atomic E-state index is 13.3. The van der Waals surface area contributed by atoms with Crippen LogP contribution in [0, 0.1) is 18.7 Å². The minimum absolute atomic E-state index is 0.237. The van der Waals surface area contributed by atoms with Gasteiger partial charge >= 0.3 is 0 Å². The average Bonchev–Trinajstić information content (AvgIpc) is 2.92. The topological polar surface area (TPSA) is 64.9 Å². The van der Waals surface area contributed by atoms with E-state index in [1.165, 1.54) is 12.5 Å². The number of hydrogen-bond acceptors (Lipinski definition) is 4. The maximum atomic E-state index is 13.3. The summed E-state index contributed by atoms with van der Waals surface area (Å²) in [6, 6.07) is 4.79. The number of benzene rings is 1. The second-order valence-corrected chi connectivity index (χ2v) is 6.24. The van der Waals surface area contributed by atoms with Crippen LogP contribution in [-0.2, 0) is 5.54 Å². The van der Waals surface area contributed by atoms with Crippen LogP contribution in [0.15, 0.2) is 22.7 Å². The van der Waals surface area contributed by atoms with Gasteiger partial charge in [0.25, 0.3) is 0 Å². The molecular formula is C16H20FN3O. The van der Waals surface area contributed by atoms with Crippen molar-refractivity contribution in [3.8, 4) is 11.4 Å². The van der Waals surface area contributed by atoms with Crippen molar-refractivity contribution in [2.24, 2.45) is 11.7 Å². The second kappa shape index (κ2) is 5.22. The van der Waals surface area contributed by atoms with Gasteiger partial charge in [0, 0.05) is 5.56 Å². The van der Waals surface area contributed by atoms with E-state index >= 15 is 0 Å². The first-order valence-corrected chi connectivity index (χ1v) is 7.37. The Labute approximate surface area is 123 Å². The van der Waals surface area contributed by atoms with Crippen LogP contribution >= 0.6 is 0 Å². The molecule has 1 saturated carbocycles. The predicted octanol–water partition coefficient (Wildman–Crippen LogP) is 3.55. The number of nitrogens with two attached hydrogens (primary N) is 1. The Kier molecular flexibility index (Phi) is 3.53. The maximum Gasteiger partial charge on any atom is 0.247 e. The van der Waals surface area contributed by atoms with Crippen molar-refractivity contribution < 1.29 is 8.91 Å². The summed E-state index contributed by atoms with van der Waals surface area (Å²) < 4.78 is 18.7. The molecule has 21 heavy (non-hydrogen) atoms. The Morgan fingerprint density at radius 3 is 2.95 bits per heavy atom. The number of aryl methyl sites for hydroxylation is 1. The van der Waals surface area contributed by atoms with Crippen LogP contribution in [0.2, 0.25) is 0 Å². The molecule has 0 radical (unpaired) electrons. The van der Waals surface area contributed by atoms with Gasteiger partial charge in [-0.3, -0.25) is 0 Å². The Balaban J connectivity index is 1.90. The van der Waals surface area contributed by atoms with Crippen LogP contribution < -0.4 is 5.73 Å². The van der Waals surface area contributed by atoms with E-state index in [1.807, 2.05) is 0 Å².